The molecule has 0 radical (unpaired) electrons. The first-order valence-corrected chi connectivity index (χ1v) is 9.42. The fourth-order valence-electron chi connectivity index (χ4n) is 4.50. The summed E-state index contributed by atoms with van der Waals surface area (Å²) in [7, 11) is 1.71. The van der Waals surface area contributed by atoms with Gasteiger partial charge in [-0.2, -0.15) is 0 Å². The average Bonchev–Trinajstić information content (AvgIpc) is 3.09. The van der Waals surface area contributed by atoms with E-state index in [9.17, 15) is 5.11 Å². The lowest BCUT2D eigenvalue weighted by Gasteiger charge is -2.43. The monoisotopic (exact) mass is 340 g/mol. The Kier molecular flexibility index (Phi) is 4.93. The van der Waals surface area contributed by atoms with Crippen molar-refractivity contribution >= 4 is 10.8 Å². The van der Waals surface area contributed by atoms with Crippen molar-refractivity contribution in [3.05, 3.63) is 42.0 Å². The zero-order valence-corrected chi connectivity index (χ0v) is 15.0. The third-order valence-corrected chi connectivity index (χ3v) is 5.87. The number of aliphatic hydroxyl groups is 1. The number of hydrogen-bond acceptors (Lipinski definition) is 4. The fraction of sp³-hybridized carbons (Fsp3) is 0.524. The molecule has 0 bridgehead atoms. The summed E-state index contributed by atoms with van der Waals surface area (Å²) in [5.74, 6) is 0.903. The summed E-state index contributed by atoms with van der Waals surface area (Å²) in [5, 5.41) is 12.0. The van der Waals surface area contributed by atoms with Crippen LogP contribution in [0.1, 0.15) is 24.8 Å². The number of piperazine rings is 1. The Labute approximate surface area is 150 Å². The van der Waals surface area contributed by atoms with Crippen LogP contribution in [0.3, 0.4) is 0 Å². The van der Waals surface area contributed by atoms with Crippen molar-refractivity contribution in [1.29, 1.82) is 0 Å². The molecule has 2 aromatic carbocycles. The van der Waals surface area contributed by atoms with Gasteiger partial charge in [0.15, 0.2) is 0 Å². The smallest absolute Gasteiger partial charge is 0.119 e. The highest BCUT2D eigenvalue weighted by Crippen LogP contribution is 2.28. The van der Waals surface area contributed by atoms with Crippen LogP contribution in [0.2, 0.25) is 0 Å². The quantitative estimate of drug-likeness (QED) is 0.908. The largest absolute Gasteiger partial charge is 0.497 e. The SMILES string of the molecule is COc1ccc2cc(CN3C[C@H]4CCCN4C[C@@H]3CCO)ccc2c1. The van der Waals surface area contributed by atoms with Gasteiger partial charge in [-0.15, -0.1) is 0 Å². The maximum Gasteiger partial charge on any atom is 0.119 e. The van der Waals surface area contributed by atoms with Crippen molar-refractivity contribution in [3.8, 4) is 5.75 Å². The van der Waals surface area contributed by atoms with Crippen molar-refractivity contribution in [2.75, 3.05) is 33.4 Å². The van der Waals surface area contributed by atoms with Crippen LogP contribution in [0.15, 0.2) is 36.4 Å². The number of methoxy groups -OCH3 is 1. The summed E-state index contributed by atoms with van der Waals surface area (Å²) in [6.07, 6.45) is 3.51. The Morgan fingerprint density at radius 2 is 1.96 bits per heavy atom. The highest BCUT2D eigenvalue weighted by Gasteiger charge is 2.35. The Balaban J connectivity index is 1.53. The molecular formula is C21H28N2O2. The van der Waals surface area contributed by atoms with Crippen LogP contribution in [0.4, 0.5) is 0 Å². The summed E-state index contributed by atoms with van der Waals surface area (Å²) in [6.45, 7) is 4.72. The van der Waals surface area contributed by atoms with Crippen molar-refractivity contribution in [1.82, 2.24) is 9.80 Å². The van der Waals surface area contributed by atoms with E-state index in [0.717, 1.165) is 31.8 Å². The molecule has 25 heavy (non-hydrogen) atoms. The molecule has 0 unspecified atom stereocenters. The Morgan fingerprint density at radius 3 is 2.80 bits per heavy atom. The van der Waals surface area contributed by atoms with Gasteiger partial charge in [-0.25, -0.2) is 0 Å². The molecular weight excluding hydrogens is 312 g/mol. The second-order valence-corrected chi connectivity index (χ2v) is 7.43. The second kappa shape index (κ2) is 7.32. The molecule has 1 N–H and O–H groups in total. The molecule has 2 atom stereocenters. The van der Waals surface area contributed by atoms with E-state index in [1.54, 1.807) is 7.11 Å². The number of hydrogen-bond donors (Lipinski definition) is 1. The minimum absolute atomic E-state index is 0.275. The van der Waals surface area contributed by atoms with Crippen LogP contribution in [0, 0.1) is 0 Å². The van der Waals surface area contributed by atoms with Gasteiger partial charge < -0.3 is 9.84 Å². The molecule has 0 aliphatic carbocycles. The highest BCUT2D eigenvalue weighted by atomic mass is 16.5. The number of aliphatic hydroxyl groups excluding tert-OH is 1. The predicted molar refractivity (Wildman–Crippen MR) is 101 cm³/mol. The molecule has 2 aliphatic heterocycles. The summed E-state index contributed by atoms with van der Waals surface area (Å²) in [5.41, 5.74) is 1.35. The lowest BCUT2D eigenvalue weighted by molar-refractivity contribution is 0.0334. The molecule has 0 saturated carbocycles. The van der Waals surface area contributed by atoms with E-state index in [1.807, 2.05) is 6.07 Å². The van der Waals surface area contributed by atoms with Crippen LogP contribution >= 0.6 is 0 Å². The lowest BCUT2D eigenvalue weighted by atomic mass is 10.0. The first-order chi connectivity index (χ1) is 12.3. The summed E-state index contributed by atoms with van der Waals surface area (Å²) < 4.78 is 5.32. The molecule has 2 fully saturated rings. The second-order valence-electron chi connectivity index (χ2n) is 7.43. The van der Waals surface area contributed by atoms with Crippen LogP contribution in [-0.4, -0.2) is 60.3 Å². The maximum atomic E-state index is 9.48. The third-order valence-electron chi connectivity index (χ3n) is 5.87. The zero-order valence-electron chi connectivity index (χ0n) is 15.0. The van der Waals surface area contributed by atoms with Crippen LogP contribution in [0.5, 0.6) is 5.75 Å². The van der Waals surface area contributed by atoms with E-state index in [-0.39, 0.29) is 6.61 Å². The van der Waals surface area contributed by atoms with E-state index in [2.05, 4.69) is 40.1 Å². The van der Waals surface area contributed by atoms with E-state index in [0.29, 0.717) is 12.1 Å². The molecule has 0 aromatic heterocycles. The Bertz CT molecular complexity index is 733. The molecule has 4 rings (SSSR count). The minimum atomic E-state index is 0.275. The van der Waals surface area contributed by atoms with E-state index >= 15 is 0 Å². The Hall–Kier alpha value is -1.62. The maximum absolute atomic E-state index is 9.48. The summed E-state index contributed by atoms with van der Waals surface area (Å²) in [4.78, 5) is 5.22. The van der Waals surface area contributed by atoms with Gasteiger partial charge in [0.2, 0.25) is 0 Å². The number of ether oxygens (including phenoxy) is 1. The standard InChI is InChI=1S/C21H28N2O2/c1-25-21-7-6-17-11-16(4-5-18(17)12-21)13-23-15-19-3-2-9-22(19)14-20(23)8-10-24/h4-7,11-12,19-20,24H,2-3,8-10,13-15H2,1H3/t19-,20+/m1/s1. The summed E-state index contributed by atoms with van der Waals surface area (Å²) >= 11 is 0. The first kappa shape index (κ1) is 16.8. The molecule has 2 aromatic rings. The molecule has 4 nitrogen and oxygen atoms in total. The normalized spacial score (nSPS) is 24.6. The number of nitrogens with zero attached hydrogens (tertiary/aromatic N) is 2. The summed E-state index contributed by atoms with van der Waals surface area (Å²) in [6, 6.07) is 14.1. The van der Waals surface area contributed by atoms with Gasteiger partial charge in [0.05, 0.1) is 7.11 Å². The molecule has 134 valence electrons. The number of rotatable bonds is 5. The molecule has 0 amide bonds. The lowest BCUT2D eigenvalue weighted by Crippen LogP contribution is -2.55. The van der Waals surface area contributed by atoms with Gasteiger partial charge in [-0.1, -0.05) is 18.2 Å². The number of benzene rings is 2. The van der Waals surface area contributed by atoms with Crippen molar-refractivity contribution in [2.24, 2.45) is 0 Å². The van der Waals surface area contributed by atoms with Crippen LogP contribution < -0.4 is 4.74 Å². The van der Waals surface area contributed by atoms with Crippen LogP contribution in [0.25, 0.3) is 10.8 Å². The van der Waals surface area contributed by atoms with Gasteiger partial charge >= 0.3 is 0 Å². The van der Waals surface area contributed by atoms with E-state index < -0.39 is 0 Å². The molecule has 2 aliphatic rings. The zero-order chi connectivity index (χ0) is 17.2. The van der Waals surface area contributed by atoms with Gasteiger partial charge in [-0.05, 0) is 60.3 Å². The fourth-order valence-corrected chi connectivity index (χ4v) is 4.50. The third kappa shape index (κ3) is 3.52. The van der Waals surface area contributed by atoms with Crippen molar-refractivity contribution in [2.45, 2.75) is 37.9 Å². The molecule has 2 saturated heterocycles. The van der Waals surface area contributed by atoms with Crippen molar-refractivity contribution < 1.29 is 9.84 Å². The minimum Gasteiger partial charge on any atom is -0.497 e. The van der Waals surface area contributed by atoms with Gasteiger partial charge in [-0.3, -0.25) is 9.80 Å². The topological polar surface area (TPSA) is 35.9 Å². The molecule has 2 heterocycles. The molecule has 4 heteroatoms. The van der Waals surface area contributed by atoms with E-state index in [1.165, 1.54) is 35.7 Å². The average molecular weight is 340 g/mol. The van der Waals surface area contributed by atoms with Gasteiger partial charge in [0.25, 0.3) is 0 Å². The predicted octanol–water partition coefficient (Wildman–Crippen LogP) is 2.88. The van der Waals surface area contributed by atoms with Gasteiger partial charge in [0.1, 0.15) is 5.75 Å². The molecule has 0 spiro atoms. The van der Waals surface area contributed by atoms with E-state index in [4.69, 9.17) is 4.74 Å². The highest BCUT2D eigenvalue weighted by molar-refractivity contribution is 5.84. The Morgan fingerprint density at radius 1 is 1.12 bits per heavy atom. The van der Waals surface area contributed by atoms with Gasteiger partial charge in [0, 0.05) is 38.3 Å². The first-order valence-electron chi connectivity index (χ1n) is 9.42. The van der Waals surface area contributed by atoms with Crippen LogP contribution in [-0.2, 0) is 6.54 Å². The van der Waals surface area contributed by atoms with Crippen molar-refractivity contribution in [3.63, 3.8) is 0 Å². The number of fused-ring (bicyclic) bond motifs is 2.